The van der Waals surface area contributed by atoms with Crippen LogP contribution >= 0.6 is 0 Å². The summed E-state index contributed by atoms with van der Waals surface area (Å²) in [5.41, 5.74) is 7.86. The largest absolute Gasteiger partial charge is 0.512 e. The minimum Gasteiger partial charge on any atom is -0.512 e. The van der Waals surface area contributed by atoms with Crippen molar-refractivity contribution < 1.29 is 10.2 Å². The first kappa shape index (κ1) is 22.1. The molecular formula is C25H35BO2. The summed E-state index contributed by atoms with van der Waals surface area (Å²) < 4.78 is 0. The van der Waals surface area contributed by atoms with Gasteiger partial charge in [-0.1, -0.05) is 49.8 Å². The van der Waals surface area contributed by atoms with Crippen molar-refractivity contribution in [1.82, 2.24) is 0 Å². The third-order valence-electron chi connectivity index (χ3n) is 6.17. The lowest BCUT2D eigenvalue weighted by atomic mass is 9.70. The van der Waals surface area contributed by atoms with Crippen molar-refractivity contribution in [2.75, 3.05) is 0 Å². The first-order valence-corrected chi connectivity index (χ1v) is 10.5. The maximum absolute atomic E-state index is 10.6. The molecule has 0 fully saturated rings. The second-order valence-electron chi connectivity index (χ2n) is 8.06. The van der Waals surface area contributed by atoms with E-state index in [-0.39, 0.29) is 17.6 Å². The molecule has 2 nitrogen and oxygen atoms in total. The zero-order valence-electron chi connectivity index (χ0n) is 18.6. The highest BCUT2D eigenvalue weighted by Crippen LogP contribution is 2.42. The predicted octanol–water partition coefficient (Wildman–Crippen LogP) is 6.38. The molecule has 0 aromatic carbocycles. The van der Waals surface area contributed by atoms with Gasteiger partial charge in [0, 0.05) is 11.8 Å². The molecule has 0 bridgehead atoms. The Morgan fingerprint density at radius 3 is 2.43 bits per heavy atom. The highest BCUT2D eigenvalue weighted by atomic mass is 16.3. The van der Waals surface area contributed by atoms with E-state index in [4.69, 9.17) is 0 Å². The van der Waals surface area contributed by atoms with Crippen LogP contribution in [0.1, 0.15) is 60.8 Å². The molecule has 2 aliphatic carbocycles. The Hall–Kier alpha value is -2.16. The number of hydrogen-bond acceptors (Lipinski definition) is 2. The summed E-state index contributed by atoms with van der Waals surface area (Å²) in [6, 6.07) is 0. The molecule has 0 spiro atoms. The molecule has 0 amide bonds. The monoisotopic (exact) mass is 378 g/mol. The van der Waals surface area contributed by atoms with Crippen LogP contribution < -0.4 is 0 Å². The van der Waals surface area contributed by atoms with E-state index < -0.39 is 0 Å². The highest BCUT2D eigenvalue weighted by molar-refractivity contribution is 6.24. The van der Waals surface area contributed by atoms with Crippen LogP contribution in [-0.2, 0) is 0 Å². The van der Waals surface area contributed by atoms with Gasteiger partial charge in [0.05, 0.1) is 5.76 Å². The van der Waals surface area contributed by atoms with Crippen LogP contribution in [0.25, 0.3) is 0 Å². The summed E-state index contributed by atoms with van der Waals surface area (Å²) in [5.74, 6) is 0.554. The Bertz CT molecular complexity index is 844. The summed E-state index contributed by atoms with van der Waals surface area (Å²) in [7, 11) is 1.80. The normalized spacial score (nSPS) is 25.1. The summed E-state index contributed by atoms with van der Waals surface area (Å²) in [4.78, 5) is 0. The number of allylic oxidation sites excluding steroid dienone is 13. The van der Waals surface area contributed by atoms with E-state index in [1.165, 1.54) is 27.9 Å². The minimum atomic E-state index is -0.0324. The number of rotatable bonds is 5. The molecule has 2 atom stereocenters. The van der Waals surface area contributed by atoms with Gasteiger partial charge in [0.25, 0.3) is 0 Å². The summed E-state index contributed by atoms with van der Waals surface area (Å²) >= 11 is 0. The maximum Gasteiger partial charge on any atom is 0.148 e. The molecule has 2 aliphatic rings. The van der Waals surface area contributed by atoms with Crippen LogP contribution in [-0.4, -0.2) is 18.1 Å². The van der Waals surface area contributed by atoms with Crippen LogP contribution in [0.15, 0.2) is 80.8 Å². The standard InChI is InChI=1S/C25H35BO2/c1-7-15(3)21(19-12-10-9-11-13-19)16(4)14-17(5)22-18(6)24(27)23(26)25(28)20(22)8-2/h7,10,12-14,18,22,27-28H,8-9,11,26H2,1-6H3/b15-7+,17-14+,21-16+. The molecule has 28 heavy (non-hydrogen) atoms. The number of aliphatic hydroxyl groups excluding tert-OH is 2. The van der Waals surface area contributed by atoms with Crippen molar-refractivity contribution in [2.45, 2.75) is 60.8 Å². The second kappa shape index (κ2) is 9.36. The van der Waals surface area contributed by atoms with E-state index in [0.29, 0.717) is 11.2 Å². The van der Waals surface area contributed by atoms with Crippen LogP contribution in [0.5, 0.6) is 0 Å². The first-order chi connectivity index (χ1) is 13.2. The quantitative estimate of drug-likeness (QED) is 0.430. The first-order valence-electron chi connectivity index (χ1n) is 10.5. The van der Waals surface area contributed by atoms with Gasteiger partial charge in [-0.3, -0.25) is 0 Å². The van der Waals surface area contributed by atoms with E-state index in [9.17, 15) is 10.2 Å². The summed E-state index contributed by atoms with van der Waals surface area (Å²) in [6.45, 7) is 12.6. The van der Waals surface area contributed by atoms with Crippen LogP contribution in [0.2, 0.25) is 0 Å². The van der Waals surface area contributed by atoms with E-state index >= 15 is 0 Å². The Labute approximate surface area is 171 Å². The van der Waals surface area contributed by atoms with Crippen LogP contribution in [0.4, 0.5) is 0 Å². The van der Waals surface area contributed by atoms with E-state index in [2.05, 4.69) is 65.0 Å². The molecule has 0 saturated heterocycles. The molecule has 0 radical (unpaired) electrons. The zero-order valence-corrected chi connectivity index (χ0v) is 18.6. The third-order valence-corrected chi connectivity index (χ3v) is 6.17. The van der Waals surface area contributed by atoms with Gasteiger partial charge in [-0.05, 0) is 80.3 Å². The Kier molecular flexibility index (Phi) is 7.40. The van der Waals surface area contributed by atoms with Gasteiger partial charge in [-0.15, -0.1) is 0 Å². The van der Waals surface area contributed by atoms with Crippen molar-refractivity contribution in [2.24, 2.45) is 11.8 Å². The maximum atomic E-state index is 10.6. The lowest BCUT2D eigenvalue weighted by Crippen LogP contribution is -2.25. The van der Waals surface area contributed by atoms with E-state index in [1.54, 1.807) is 7.85 Å². The molecule has 0 heterocycles. The molecule has 2 N–H and O–H groups in total. The Morgan fingerprint density at radius 2 is 1.89 bits per heavy atom. The molecule has 3 heteroatoms. The predicted molar refractivity (Wildman–Crippen MR) is 123 cm³/mol. The van der Waals surface area contributed by atoms with Gasteiger partial charge in [0.2, 0.25) is 0 Å². The Balaban J connectivity index is 2.56. The molecule has 2 unspecified atom stereocenters. The summed E-state index contributed by atoms with van der Waals surface area (Å²) in [5, 5.41) is 21.2. The van der Waals surface area contributed by atoms with Gasteiger partial charge in [0.1, 0.15) is 13.6 Å². The number of aliphatic hydroxyl groups is 2. The van der Waals surface area contributed by atoms with Crippen LogP contribution in [0.3, 0.4) is 0 Å². The fourth-order valence-corrected chi connectivity index (χ4v) is 4.58. The summed E-state index contributed by atoms with van der Waals surface area (Å²) in [6.07, 6.45) is 14.1. The van der Waals surface area contributed by atoms with Crippen molar-refractivity contribution in [3.8, 4) is 0 Å². The van der Waals surface area contributed by atoms with Gasteiger partial charge < -0.3 is 10.2 Å². The molecule has 0 aromatic rings. The van der Waals surface area contributed by atoms with Crippen molar-refractivity contribution in [3.05, 3.63) is 80.8 Å². The van der Waals surface area contributed by atoms with Gasteiger partial charge >= 0.3 is 0 Å². The highest BCUT2D eigenvalue weighted by Gasteiger charge is 2.33. The van der Waals surface area contributed by atoms with Crippen molar-refractivity contribution in [1.29, 1.82) is 0 Å². The fraction of sp³-hybridized carbons (Fsp3) is 0.440. The van der Waals surface area contributed by atoms with Crippen molar-refractivity contribution >= 4 is 7.85 Å². The molecule has 0 aromatic heterocycles. The van der Waals surface area contributed by atoms with Gasteiger partial charge in [-0.25, -0.2) is 0 Å². The minimum absolute atomic E-state index is 0.0201. The molecule has 150 valence electrons. The molecule has 0 aliphatic heterocycles. The topological polar surface area (TPSA) is 40.5 Å². The van der Waals surface area contributed by atoms with E-state index in [0.717, 1.165) is 24.8 Å². The SMILES string of the molecule is BC1=C(O)C(C)C(/C(C)=C/C(C)=C(C2=CCCC=C2)\C(C)=C\C)C(CC)=C1O. The molecule has 2 rings (SSSR count). The second-order valence-corrected chi connectivity index (χ2v) is 8.06. The van der Waals surface area contributed by atoms with E-state index in [1.807, 2.05) is 6.92 Å². The lowest BCUT2D eigenvalue weighted by molar-refractivity contribution is 0.280. The van der Waals surface area contributed by atoms with Gasteiger partial charge in [-0.2, -0.15) is 0 Å². The average Bonchev–Trinajstić information content (AvgIpc) is 2.69. The number of hydrogen-bond donors (Lipinski definition) is 2. The Morgan fingerprint density at radius 1 is 1.21 bits per heavy atom. The lowest BCUT2D eigenvalue weighted by Gasteiger charge is -2.33. The van der Waals surface area contributed by atoms with Crippen LogP contribution in [0, 0.1) is 11.8 Å². The van der Waals surface area contributed by atoms with Crippen molar-refractivity contribution in [3.63, 3.8) is 0 Å². The molecular weight excluding hydrogens is 343 g/mol. The third kappa shape index (κ3) is 4.29. The zero-order chi connectivity index (χ0) is 21.0. The van der Waals surface area contributed by atoms with Gasteiger partial charge in [0.15, 0.2) is 0 Å². The fourth-order valence-electron chi connectivity index (χ4n) is 4.58. The average molecular weight is 378 g/mol. The smallest absolute Gasteiger partial charge is 0.148 e. The molecule has 0 saturated carbocycles.